The molecule has 0 saturated carbocycles. The molecule has 0 unspecified atom stereocenters. The average Bonchev–Trinajstić information content (AvgIpc) is 2.98. The Hall–Kier alpha value is -4.18. The van der Waals surface area contributed by atoms with Gasteiger partial charge in [-0.15, -0.1) is 0 Å². The van der Waals surface area contributed by atoms with Crippen molar-refractivity contribution in [2.24, 2.45) is 10.6 Å². The fourth-order valence-corrected chi connectivity index (χ4v) is 5.47. The van der Waals surface area contributed by atoms with E-state index in [0.717, 1.165) is 18.3 Å². The topological polar surface area (TPSA) is 195 Å². The molecule has 256 valence electrons. The maximum atomic E-state index is 14.2. The van der Waals surface area contributed by atoms with E-state index >= 15 is 0 Å². The Morgan fingerprint density at radius 1 is 1.21 bits per heavy atom. The van der Waals surface area contributed by atoms with Crippen LogP contribution in [0.2, 0.25) is 0 Å². The summed E-state index contributed by atoms with van der Waals surface area (Å²) in [6.45, 7) is 5.39. The lowest BCUT2D eigenvalue weighted by Gasteiger charge is -2.40. The second kappa shape index (κ2) is 14.3. The van der Waals surface area contributed by atoms with Crippen molar-refractivity contribution in [3.05, 3.63) is 63.1 Å². The van der Waals surface area contributed by atoms with Crippen LogP contribution in [-0.4, -0.2) is 75.3 Å². The normalized spacial score (nSPS) is 19.5. The van der Waals surface area contributed by atoms with Crippen LogP contribution in [0.5, 0.6) is 5.75 Å². The lowest BCUT2D eigenvalue weighted by Crippen LogP contribution is -2.50. The largest absolute Gasteiger partial charge is 0.514 e. The van der Waals surface area contributed by atoms with Crippen LogP contribution in [0.1, 0.15) is 73.0 Å². The molecule has 3 N–H and O–H groups in total. The number of nitrogens with one attached hydrogen (secondary N) is 1. The second-order valence-electron chi connectivity index (χ2n) is 12.1. The first-order chi connectivity index (χ1) is 22.0. The van der Waals surface area contributed by atoms with Gasteiger partial charge in [0.05, 0.1) is 18.4 Å². The van der Waals surface area contributed by atoms with Gasteiger partial charge in [-0.25, -0.2) is 18.1 Å². The molecule has 15 nitrogen and oxygen atoms in total. The molecular weight excluding hydrogens is 649 g/mol. The summed E-state index contributed by atoms with van der Waals surface area (Å²) in [5.41, 5.74) is -2.66. The number of hydrogen-bond donors (Lipinski definition) is 3. The van der Waals surface area contributed by atoms with Crippen LogP contribution >= 0.6 is 7.82 Å². The van der Waals surface area contributed by atoms with Crippen LogP contribution < -0.4 is 15.5 Å². The van der Waals surface area contributed by atoms with Gasteiger partial charge in [-0.1, -0.05) is 25.1 Å². The van der Waals surface area contributed by atoms with Gasteiger partial charge in [-0.3, -0.25) is 18.9 Å². The standard InChI is InChI=1S/C29H35F2N4O11P/c1-16-9-20-12-34(17(2)7-8-44-33-16)27(38)23-25(46-28(39)43-14-29(3,4)15-45-47(40,41)42)24(36)21(13-35(20)23)26(37)32-11-18-5-6-19(30)10-22(18)31/h5-6,10,13,17,20H,7-9,11-12,14-15H2,1-4H3,(H,32,37)(H2,40,41,42)/b33-16-/t17-,20-/m0/s1. The number of phosphoric acid groups is 1. The van der Waals surface area contributed by atoms with Crippen molar-refractivity contribution in [3.63, 3.8) is 0 Å². The zero-order valence-corrected chi connectivity index (χ0v) is 26.9. The first-order valence-electron chi connectivity index (χ1n) is 14.5. The van der Waals surface area contributed by atoms with Crippen molar-refractivity contribution in [3.8, 4) is 5.75 Å². The maximum absolute atomic E-state index is 14.2. The highest BCUT2D eigenvalue weighted by atomic mass is 31.2. The van der Waals surface area contributed by atoms with Gasteiger partial charge in [-0.2, -0.15) is 0 Å². The molecule has 2 atom stereocenters. The smallest absolute Gasteiger partial charge is 0.433 e. The van der Waals surface area contributed by atoms with E-state index in [1.165, 1.54) is 23.3 Å². The monoisotopic (exact) mass is 684 g/mol. The van der Waals surface area contributed by atoms with Gasteiger partial charge in [0.25, 0.3) is 11.8 Å². The summed E-state index contributed by atoms with van der Waals surface area (Å²) in [5.74, 6) is -4.21. The molecule has 0 fully saturated rings. The Labute approximate surface area is 267 Å². The van der Waals surface area contributed by atoms with E-state index in [2.05, 4.69) is 15.0 Å². The molecule has 2 amide bonds. The number of hydrogen-bond acceptors (Lipinski definition) is 10. The minimum absolute atomic E-state index is 0.0674. The summed E-state index contributed by atoms with van der Waals surface area (Å²) in [7, 11) is -4.82. The van der Waals surface area contributed by atoms with Gasteiger partial charge in [0.1, 0.15) is 30.4 Å². The molecule has 2 aliphatic heterocycles. The zero-order valence-electron chi connectivity index (χ0n) is 26.0. The van der Waals surface area contributed by atoms with E-state index in [4.69, 9.17) is 24.1 Å². The number of carbonyl (C=O) groups excluding carboxylic acids is 3. The Balaban J connectivity index is 1.73. The number of pyridine rings is 1. The van der Waals surface area contributed by atoms with Crippen LogP contribution in [0.25, 0.3) is 0 Å². The van der Waals surface area contributed by atoms with E-state index < -0.39 is 85.4 Å². The van der Waals surface area contributed by atoms with Crippen molar-refractivity contribution < 1.29 is 56.4 Å². The lowest BCUT2D eigenvalue weighted by molar-refractivity contribution is 0.0352. The number of benzene rings is 1. The van der Waals surface area contributed by atoms with E-state index in [1.54, 1.807) is 13.8 Å². The summed E-state index contributed by atoms with van der Waals surface area (Å²) in [6.07, 6.45) is 0.316. The van der Waals surface area contributed by atoms with Crippen LogP contribution in [0, 0.1) is 17.0 Å². The Morgan fingerprint density at radius 2 is 1.94 bits per heavy atom. The summed E-state index contributed by atoms with van der Waals surface area (Å²) in [6, 6.07) is 1.78. The van der Waals surface area contributed by atoms with Gasteiger partial charge in [0.15, 0.2) is 5.69 Å². The van der Waals surface area contributed by atoms with Crippen LogP contribution in [0.15, 0.2) is 34.3 Å². The Morgan fingerprint density at radius 3 is 2.62 bits per heavy atom. The SMILES string of the molecule is C/C1=N/OCC[C@H](C)N2C[C@H](C1)n1cc(C(=O)NCc3ccc(F)cc3F)c(=O)c(OC(=O)OCC(C)(C)COP(=O)(O)O)c1C2=O. The van der Waals surface area contributed by atoms with Gasteiger partial charge in [0.2, 0.25) is 11.2 Å². The second-order valence-corrected chi connectivity index (χ2v) is 13.3. The van der Waals surface area contributed by atoms with E-state index in [1.807, 2.05) is 0 Å². The van der Waals surface area contributed by atoms with Crippen molar-refractivity contribution in [1.29, 1.82) is 0 Å². The molecule has 1 aromatic heterocycles. The minimum atomic E-state index is -4.82. The number of nitrogens with zero attached hydrogens (tertiary/aromatic N) is 3. The van der Waals surface area contributed by atoms with E-state index in [0.29, 0.717) is 18.2 Å². The molecule has 0 radical (unpaired) electrons. The molecule has 0 spiro atoms. The summed E-state index contributed by atoms with van der Waals surface area (Å²) in [4.78, 5) is 78.8. The molecule has 2 bridgehead atoms. The van der Waals surface area contributed by atoms with Crippen LogP contribution in [-0.2, 0) is 25.2 Å². The lowest BCUT2D eigenvalue weighted by atomic mass is 9.97. The Kier molecular flexibility index (Phi) is 10.8. The number of carbonyl (C=O) groups is 3. The molecular formula is C29H35F2N4O11P. The molecule has 4 rings (SSSR count). The molecule has 1 aromatic carbocycles. The number of fused-ring (bicyclic) bond motifs is 4. The molecule has 0 aliphatic carbocycles. The van der Waals surface area contributed by atoms with Crippen molar-refractivity contribution in [1.82, 2.24) is 14.8 Å². The van der Waals surface area contributed by atoms with Crippen molar-refractivity contribution in [2.45, 2.75) is 59.2 Å². The van der Waals surface area contributed by atoms with Crippen molar-refractivity contribution >= 4 is 31.5 Å². The third-order valence-corrected chi connectivity index (χ3v) is 7.92. The molecule has 3 heterocycles. The maximum Gasteiger partial charge on any atom is 0.514 e. The zero-order chi connectivity index (χ0) is 34.7. The quantitative estimate of drug-likeness (QED) is 0.259. The molecule has 0 saturated heterocycles. The minimum Gasteiger partial charge on any atom is -0.433 e. The van der Waals surface area contributed by atoms with Crippen LogP contribution in [0.3, 0.4) is 0 Å². The van der Waals surface area contributed by atoms with E-state index in [9.17, 15) is 32.5 Å². The fourth-order valence-electron chi connectivity index (χ4n) is 4.95. The molecule has 2 aromatic rings. The molecule has 2 aliphatic rings. The summed E-state index contributed by atoms with van der Waals surface area (Å²) < 4.78 is 55.0. The number of phosphoric ester groups is 1. The average molecular weight is 685 g/mol. The summed E-state index contributed by atoms with van der Waals surface area (Å²) >= 11 is 0. The van der Waals surface area contributed by atoms with Gasteiger partial charge in [-0.05, 0) is 19.9 Å². The number of amides is 2. The number of rotatable bonds is 9. The highest BCUT2D eigenvalue weighted by Gasteiger charge is 2.39. The van der Waals surface area contributed by atoms with Crippen LogP contribution in [0.4, 0.5) is 13.6 Å². The fraction of sp³-hybridized carbons (Fsp3) is 0.483. The first-order valence-corrected chi connectivity index (χ1v) is 16.0. The third kappa shape index (κ3) is 9.00. The third-order valence-electron chi connectivity index (χ3n) is 7.46. The predicted octanol–water partition coefficient (Wildman–Crippen LogP) is 3.28. The van der Waals surface area contributed by atoms with E-state index in [-0.39, 0.29) is 36.9 Å². The number of oxime groups is 1. The number of aromatic nitrogens is 1. The van der Waals surface area contributed by atoms with Crippen molar-refractivity contribution in [2.75, 3.05) is 26.4 Å². The predicted molar refractivity (Wildman–Crippen MR) is 160 cm³/mol. The highest BCUT2D eigenvalue weighted by molar-refractivity contribution is 7.46. The summed E-state index contributed by atoms with van der Waals surface area (Å²) in [5, 5.41) is 6.49. The molecule has 47 heavy (non-hydrogen) atoms. The van der Waals surface area contributed by atoms with Gasteiger partial charge < -0.3 is 38.9 Å². The highest BCUT2D eigenvalue weighted by Crippen LogP contribution is 2.38. The number of ether oxygens (including phenoxy) is 2. The number of halogens is 2. The first kappa shape index (κ1) is 35.7. The van der Waals surface area contributed by atoms with Gasteiger partial charge in [0, 0.05) is 55.2 Å². The Bertz CT molecular complexity index is 1690. The van der Waals surface area contributed by atoms with Gasteiger partial charge >= 0.3 is 14.0 Å². The molecule has 18 heteroatoms.